The summed E-state index contributed by atoms with van der Waals surface area (Å²) in [6.45, 7) is -0.0705. The van der Waals surface area contributed by atoms with Crippen LogP contribution >= 0.6 is 0 Å². The van der Waals surface area contributed by atoms with Crippen molar-refractivity contribution >= 4 is 10.2 Å². The van der Waals surface area contributed by atoms with Crippen LogP contribution < -0.4 is 0 Å². The first-order chi connectivity index (χ1) is 5.54. The van der Waals surface area contributed by atoms with E-state index in [1.54, 1.807) is 0 Å². The number of nitro groups is 1. The number of nitrogens with zero attached hydrogens (tertiary/aromatic N) is 1. The lowest BCUT2D eigenvalue weighted by molar-refractivity contribution is -0.481. The molecule has 0 unspecified atom stereocenters. The molecule has 69 valence electrons. The van der Waals surface area contributed by atoms with Crippen molar-refractivity contribution in [3.63, 3.8) is 0 Å². The molecule has 0 aromatic rings. The van der Waals surface area contributed by atoms with Crippen molar-refractivity contribution in [3.05, 3.63) is 10.1 Å². The second kappa shape index (κ2) is 5.23. The summed E-state index contributed by atoms with van der Waals surface area (Å²) in [6, 6.07) is 0. The Bertz CT molecular complexity index is 148. The lowest BCUT2D eigenvalue weighted by atomic mass is 10.3. The van der Waals surface area contributed by atoms with Crippen LogP contribution in [0.25, 0.3) is 0 Å². The van der Waals surface area contributed by atoms with Crippen molar-refractivity contribution < 1.29 is 14.4 Å². The largest absolute Gasteiger partial charge is 0.358 e. The van der Waals surface area contributed by atoms with Gasteiger partial charge in [0.05, 0.1) is 0 Å². The first kappa shape index (κ1) is 11.5. The summed E-state index contributed by atoms with van der Waals surface area (Å²) in [5.74, 6) is 0. The second-order valence-electron chi connectivity index (χ2n) is 2.32. The third kappa shape index (κ3) is 4.42. The van der Waals surface area contributed by atoms with Gasteiger partial charge in [-0.3, -0.25) is 10.1 Å². The molecule has 0 atom stereocenters. The molecule has 0 rings (SSSR count). The Hall–Kier alpha value is -0.463. The molecule has 0 bridgehead atoms. The Kier molecular flexibility index (Phi) is 5.03. The Labute approximate surface area is 74.6 Å². The average Bonchev–Trinajstić information content (AvgIpc) is 2.03. The van der Waals surface area contributed by atoms with Crippen molar-refractivity contribution in [1.29, 1.82) is 0 Å². The molecule has 0 aliphatic heterocycles. The van der Waals surface area contributed by atoms with Crippen LogP contribution in [0.5, 0.6) is 0 Å². The molecule has 0 aliphatic carbocycles. The summed E-state index contributed by atoms with van der Waals surface area (Å²) in [4.78, 5) is 9.61. The standard InChI is InChI=1S/C6H12NO4Si/c1-10-6(12,11-2)4-3-5-7(8)9/h3-5H2,1-2H3. The Morgan fingerprint density at radius 1 is 1.50 bits per heavy atom. The lowest BCUT2D eigenvalue weighted by Gasteiger charge is -2.25. The summed E-state index contributed by atoms with van der Waals surface area (Å²) in [6.07, 6.45) is 0.857. The van der Waals surface area contributed by atoms with Crippen LogP contribution in [0.3, 0.4) is 0 Å². The molecule has 0 aromatic carbocycles. The molecule has 0 aromatic heterocycles. The number of rotatable bonds is 6. The molecule has 0 spiro atoms. The molecule has 6 heteroatoms. The van der Waals surface area contributed by atoms with Crippen LogP contribution in [0.15, 0.2) is 0 Å². The van der Waals surface area contributed by atoms with Crippen LogP contribution in [-0.4, -0.2) is 41.3 Å². The first-order valence-electron chi connectivity index (χ1n) is 3.51. The quantitative estimate of drug-likeness (QED) is 0.259. The number of ether oxygens (including phenoxy) is 2. The Morgan fingerprint density at radius 3 is 2.33 bits per heavy atom. The fourth-order valence-electron chi connectivity index (χ4n) is 0.728. The minimum absolute atomic E-state index is 0.0705. The number of methoxy groups -OCH3 is 2. The zero-order valence-electron chi connectivity index (χ0n) is 7.20. The molecule has 5 nitrogen and oxygen atoms in total. The summed E-state index contributed by atoms with van der Waals surface area (Å²) < 4.78 is 9.88. The molecule has 0 N–H and O–H groups in total. The van der Waals surface area contributed by atoms with Gasteiger partial charge in [-0.05, 0) is 0 Å². The summed E-state index contributed by atoms with van der Waals surface area (Å²) in [7, 11) is 6.17. The van der Waals surface area contributed by atoms with E-state index in [0.717, 1.165) is 0 Å². The smallest absolute Gasteiger partial charge is 0.204 e. The van der Waals surface area contributed by atoms with Gasteiger partial charge in [-0.2, -0.15) is 0 Å². The maximum Gasteiger partial charge on any atom is 0.204 e. The molecular formula is C6H12NO4Si. The predicted octanol–water partition coefficient (Wildman–Crippen LogP) is 0.158. The lowest BCUT2D eigenvalue weighted by Crippen LogP contribution is -2.34. The van der Waals surface area contributed by atoms with Gasteiger partial charge in [-0.15, -0.1) is 0 Å². The molecule has 0 fully saturated rings. The van der Waals surface area contributed by atoms with E-state index < -0.39 is 5.41 Å². The van der Waals surface area contributed by atoms with E-state index in [9.17, 15) is 10.1 Å². The van der Waals surface area contributed by atoms with E-state index >= 15 is 0 Å². The number of hydrogen-bond acceptors (Lipinski definition) is 4. The topological polar surface area (TPSA) is 61.6 Å². The molecule has 0 saturated heterocycles. The van der Waals surface area contributed by atoms with Crippen molar-refractivity contribution in [2.75, 3.05) is 20.8 Å². The van der Waals surface area contributed by atoms with E-state index in [4.69, 9.17) is 9.47 Å². The fraction of sp³-hybridized carbons (Fsp3) is 1.00. The zero-order valence-corrected chi connectivity index (χ0v) is 8.20. The fourth-order valence-corrected chi connectivity index (χ4v) is 0.905. The second-order valence-corrected chi connectivity index (χ2v) is 3.08. The van der Waals surface area contributed by atoms with Gasteiger partial charge in [0, 0.05) is 32.0 Å². The van der Waals surface area contributed by atoms with E-state index in [-0.39, 0.29) is 11.5 Å². The predicted molar refractivity (Wildman–Crippen MR) is 43.6 cm³/mol. The molecule has 12 heavy (non-hydrogen) atoms. The zero-order chi connectivity index (χ0) is 9.61. The normalized spacial score (nSPS) is 11.6. The minimum Gasteiger partial charge on any atom is -0.358 e. The molecule has 0 saturated carbocycles. The summed E-state index contributed by atoms with van der Waals surface area (Å²) >= 11 is 0. The molecule has 3 radical (unpaired) electrons. The highest BCUT2D eigenvalue weighted by Gasteiger charge is 2.22. The van der Waals surface area contributed by atoms with E-state index in [0.29, 0.717) is 12.8 Å². The Morgan fingerprint density at radius 2 is 2.00 bits per heavy atom. The van der Waals surface area contributed by atoms with Gasteiger partial charge in [0.1, 0.15) is 15.7 Å². The van der Waals surface area contributed by atoms with Gasteiger partial charge in [0.15, 0.2) is 0 Å². The van der Waals surface area contributed by atoms with Crippen molar-refractivity contribution in [3.8, 4) is 0 Å². The Balaban J connectivity index is 3.65. The van der Waals surface area contributed by atoms with Crippen LogP contribution in [0.4, 0.5) is 0 Å². The monoisotopic (exact) mass is 190 g/mol. The van der Waals surface area contributed by atoms with Crippen LogP contribution in [0, 0.1) is 10.1 Å². The third-order valence-electron chi connectivity index (χ3n) is 1.51. The van der Waals surface area contributed by atoms with Crippen LogP contribution in [-0.2, 0) is 9.47 Å². The van der Waals surface area contributed by atoms with Crippen molar-refractivity contribution in [2.45, 2.75) is 18.3 Å². The highest BCUT2D eigenvalue weighted by Crippen LogP contribution is 2.13. The van der Waals surface area contributed by atoms with Crippen molar-refractivity contribution in [1.82, 2.24) is 0 Å². The van der Waals surface area contributed by atoms with Gasteiger partial charge >= 0.3 is 0 Å². The van der Waals surface area contributed by atoms with E-state index in [1.165, 1.54) is 14.2 Å². The summed E-state index contributed by atoms with van der Waals surface area (Å²) in [5.41, 5.74) is -0.879. The van der Waals surface area contributed by atoms with E-state index in [2.05, 4.69) is 10.2 Å². The molecule has 0 amide bonds. The highest BCUT2D eigenvalue weighted by atomic mass is 28.1. The SMILES string of the molecule is COC([Si])(CCC[N+](=O)[O-])OC. The van der Waals surface area contributed by atoms with Crippen LogP contribution in [0.2, 0.25) is 0 Å². The van der Waals surface area contributed by atoms with Gasteiger partial charge < -0.3 is 9.47 Å². The molecule has 0 heterocycles. The maximum absolute atomic E-state index is 9.97. The van der Waals surface area contributed by atoms with Crippen molar-refractivity contribution in [2.24, 2.45) is 0 Å². The number of hydrogen-bond donors (Lipinski definition) is 0. The minimum atomic E-state index is -0.879. The first-order valence-corrected chi connectivity index (χ1v) is 4.01. The van der Waals surface area contributed by atoms with Gasteiger partial charge in [0.25, 0.3) is 0 Å². The van der Waals surface area contributed by atoms with Gasteiger partial charge in [-0.1, -0.05) is 0 Å². The van der Waals surface area contributed by atoms with Gasteiger partial charge in [-0.25, -0.2) is 0 Å². The summed E-state index contributed by atoms with van der Waals surface area (Å²) in [5, 5.41) is 9.97. The molecule has 0 aliphatic rings. The maximum atomic E-state index is 9.97. The highest BCUT2D eigenvalue weighted by molar-refractivity contribution is 6.13. The van der Waals surface area contributed by atoms with Gasteiger partial charge in [0.2, 0.25) is 6.54 Å². The van der Waals surface area contributed by atoms with Crippen LogP contribution in [0.1, 0.15) is 12.8 Å². The van der Waals surface area contributed by atoms with E-state index in [1.807, 2.05) is 0 Å². The third-order valence-corrected chi connectivity index (χ3v) is 2.16. The average molecular weight is 190 g/mol. The molecular weight excluding hydrogens is 178 g/mol.